The largest absolute Gasteiger partial charge is 0.371 e. The number of benzene rings is 2. The molecule has 0 spiro atoms. The lowest BCUT2D eigenvalue weighted by Crippen LogP contribution is -2.26. The van der Waals surface area contributed by atoms with Crippen molar-refractivity contribution in [2.24, 2.45) is 10.9 Å². The van der Waals surface area contributed by atoms with Crippen molar-refractivity contribution >= 4 is 29.2 Å². The average Bonchev–Trinajstić information content (AvgIpc) is 3.42. The van der Waals surface area contributed by atoms with Gasteiger partial charge in [0.15, 0.2) is 0 Å². The number of hydrogen-bond acceptors (Lipinski definition) is 3. The first kappa shape index (κ1) is 17.8. The minimum absolute atomic E-state index is 0.00164. The molecule has 0 bridgehead atoms. The minimum Gasteiger partial charge on any atom is -0.371 e. The van der Waals surface area contributed by atoms with Crippen molar-refractivity contribution in [3.8, 4) is 0 Å². The van der Waals surface area contributed by atoms with Gasteiger partial charge in [0.1, 0.15) is 5.92 Å². The SMILES string of the molecule is CCCN(CC1CC1)c1ccc(N=CC2C(=O)Nc3cccc(C)c32)cc1. The van der Waals surface area contributed by atoms with Crippen LogP contribution in [0, 0.1) is 12.8 Å². The Bertz CT molecular complexity index is 852. The molecular formula is C23H27N3O. The van der Waals surface area contributed by atoms with Gasteiger partial charge in [0.25, 0.3) is 0 Å². The molecule has 4 nitrogen and oxygen atoms in total. The Balaban J connectivity index is 1.49. The highest BCUT2D eigenvalue weighted by atomic mass is 16.2. The number of carbonyl (C=O) groups is 1. The van der Waals surface area contributed by atoms with Crippen molar-refractivity contribution < 1.29 is 4.79 Å². The molecule has 0 aromatic heterocycles. The molecule has 1 N–H and O–H groups in total. The number of nitrogens with zero attached hydrogens (tertiary/aromatic N) is 2. The van der Waals surface area contributed by atoms with E-state index in [1.165, 1.54) is 18.5 Å². The van der Waals surface area contributed by atoms with E-state index in [1.54, 1.807) is 6.21 Å². The fourth-order valence-corrected chi connectivity index (χ4v) is 3.80. The van der Waals surface area contributed by atoms with E-state index in [0.29, 0.717) is 0 Å². The number of aryl methyl sites for hydroxylation is 1. The number of aliphatic imine (C=N–C) groups is 1. The van der Waals surface area contributed by atoms with E-state index < -0.39 is 0 Å². The van der Waals surface area contributed by atoms with Gasteiger partial charge in [0.2, 0.25) is 5.91 Å². The van der Waals surface area contributed by atoms with Crippen molar-refractivity contribution in [2.45, 2.75) is 39.0 Å². The first-order valence-electron chi connectivity index (χ1n) is 9.95. The van der Waals surface area contributed by atoms with Gasteiger partial charge < -0.3 is 10.2 Å². The van der Waals surface area contributed by atoms with Gasteiger partial charge in [0, 0.05) is 30.7 Å². The second-order valence-corrected chi connectivity index (χ2v) is 7.69. The van der Waals surface area contributed by atoms with Crippen LogP contribution in [-0.4, -0.2) is 25.2 Å². The van der Waals surface area contributed by atoms with Gasteiger partial charge in [-0.2, -0.15) is 0 Å². The van der Waals surface area contributed by atoms with Crippen LogP contribution in [0.25, 0.3) is 0 Å². The van der Waals surface area contributed by atoms with Crippen molar-refractivity contribution in [1.82, 2.24) is 0 Å². The van der Waals surface area contributed by atoms with Crippen LogP contribution in [0.3, 0.4) is 0 Å². The normalized spacial score (nSPS) is 18.6. The summed E-state index contributed by atoms with van der Waals surface area (Å²) in [6, 6.07) is 14.4. The number of carbonyl (C=O) groups excluding carboxylic acids is 1. The molecule has 1 aliphatic carbocycles. The van der Waals surface area contributed by atoms with Crippen molar-refractivity contribution in [2.75, 3.05) is 23.3 Å². The van der Waals surface area contributed by atoms with Crippen molar-refractivity contribution in [1.29, 1.82) is 0 Å². The van der Waals surface area contributed by atoms with Gasteiger partial charge in [-0.1, -0.05) is 19.1 Å². The molecule has 1 aliphatic heterocycles. The highest BCUT2D eigenvalue weighted by Gasteiger charge is 2.30. The van der Waals surface area contributed by atoms with E-state index in [0.717, 1.165) is 47.9 Å². The van der Waals surface area contributed by atoms with E-state index in [2.05, 4.69) is 34.3 Å². The number of anilines is 2. The van der Waals surface area contributed by atoms with Gasteiger partial charge in [-0.3, -0.25) is 9.79 Å². The summed E-state index contributed by atoms with van der Waals surface area (Å²) in [4.78, 5) is 19.4. The molecule has 2 aliphatic rings. The van der Waals surface area contributed by atoms with Gasteiger partial charge in [-0.25, -0.2) is 0 Å². The maximum absolute atomic E-state index is 12.3. The van der Waals surface area contributed by atoms with Crippen molar-refractivity contribution in [3.63, 3.8) is 0 Å². The molecule has 1 unspecified atom stereocenters. The summed E-state index contributed by atoms with van der Waals surface area (Å²) in [7, 11) is 0. The molecule has 27 heavy (non-hydrogen) atoms. The summed E-state index contributed by atoms with van der Waals surface area (Å²) in [6.45, 7) is 6.52. The van der Waals surface area contributed by atoms with Crippen LogP contribution < -0.4 is 10.2 Å². The molecule has 2 aromatic rings. The second kappa shape index (κ2) is 7.55. The van der Waals surface area contributed by atoms with E-state index in [1.807, 2.05) is 37.3 Å². The summed E-state index contributed by atoms with van der Waals surface area (Å²) in [5.74, 6) is 0.559. The van der Waals surface area contributed by atoms with Crippen molar-refractivity contribution in [3.05, 3.63) is 53.6 Å². The number of amides is 1. The van der Waals surface area contributed by atoms with Gasteiger partial charge in [0.05, 0.1) is 5.69 Å². The fraction of sp³-hybridized carbons (Fsp3) is 0.391. The zero-order chi connectivity index (χ0) is 18.8. The molecule has 2 aromatic carbocycles. The third-order valence-corrected chi connectivity index (χ3v) is 5.43. The number of nitrogens with one attached hydrogen (secondary N) is 1. The fourth-order valence-electron chi connectivity index (χ4n) is 3.80. The van der Waals surface area contributed by atoms with Crippen LogP contribution in [0.5, 0.6) is 0 Å². The van der Waals surface area contributed by atoms with Crippen LogP contribution in [0.15, 0.2) is 47.5 Å². The second-order valence-electron chi connectivity index (χ2n) is 7.69. The first-order chi connectivity index (χ1) is 13.2. The third kappa shape index (κ3) is 3.90. The smallest absolute Gasteiger partial charge is 0.237 e. The lowest BCUT2D eigenvalue weighted by Gasteiger charge is -2.24. The Hall–Kier alpha value is -2.62. The summed E-state index contributed by atoms with van der Waals surface area (Å²) >= 11 is 0. The third-order valence-electron chi connectivity index (χ3n) is 5.43. The lowest BCUT2D eigenvalue weighted by molar-refractivity contribution is -0.115. The predicted molar refractivity (Wildman–Crippen MR) is 112 cm³/mol. The van der Waals surface area contributed by atoms with Crippen LogP contribution >= 0.6 is 0 Å². The Morgan fingerprint density at radius 2 is 1.96 bits per heavy atom. The van der Waals surface area contributed by atoms with E-state index >= 15 is 0 Å². The van der Waals surface area contributed by atoms with Gasteiger partial charge in [-0.05, 0) is 73.6 Å². The molecule has 1 fully saturated rings. The van der Waals surface area contributed by atoms with E-state index in [9.17, 15) is 4.79 Å². The zero-order valence-electron chi connectivity index (χ0n) is 16.1. The standard InChI is InChI=1S/C23H27N3O/c1-3-13-26(15-17-7-8-17)19-11-9-18(10-12-19)24-14-20-22-16(2)5-4-6-21(22)25-23(20)27/h4-6,9-12,14,17,20H,3,7-8,13,15H2,1-2H3,(H,25,27). The lowest BCUT2D eigenvalue weighted by atomic mass is 9.97. The number of fused-ring (bicyclic) bond motifs is 1. The van der Waals surface area contributed by atoms with E-state index in [4.69, 9.17) is 0 Å². The molecular weight excluding hydrogens is 334 g/mol. The van der Waals surface area contributed by atoms with E-state index in [-0.39, 0.29) is 11.8 Å². The topological polar surface area (TPSA) is 44.7 Å². The minimum atomic E-state index is -0.313. The molecule has 4 rings (SSSR count). The summed E-state index contributed by atoms with van der Waals surface area (Å²) in [5, 5.41) is 2.95. The molecule has 1 atom stereocenters. The monoisotopic (exact) mass is 361 g/mol. The highest BCUT2D eigenvalue weighted by molar-refractivity contribution is 6.13. The Morgan fingerprint density at radius 1 is 1.19 bits per heavy atom. The van der Waals surface area contributed by atoms with Gasteiger partial charge >= 0.3 is 0 Å². The molecule has 4 heteroatoms. The van der Waals surface area contributed by atoms with Crippen LogP contribution in [-0.2, 0) is 4.79 Å². The maximum atomic E-state index is 12.3. The maximum Gasteiger partial charge on any atom is 0.237 e. The zero-order valence-corrected chi connectivity index (χ0v) is 16.1. The van der Waals surface area contributed by atoms with Crippen LogP contribution in [0.2, 0.25) is 0 Å². The van der Waals surface area contributed by atoms with Crippen LogP contribution in [0.4, 0.5) is 17.1 Å². The Labute approximate surface area is 161 Å². The predicted octanol–water partition coefficient (Wildman–Crippen LogP) is 5.06. The average molecular weight is 361 g/mol. The quantitative estimate of drug-likeness (QED) is 0.701. The first-order valence-corrected chi connectivity index (χ1v) is 9.95. The molecule has 1 heterocycles. The van der Waals surface area contributed by atoms with Gasteiger partial charge in [-0.15, -0.1) is 0 Å². The number of rotatable bonds is 7. The highest BCUT2D eigenvalue weighted by Crippen LogP contribution is 2.35. The Kier molecular flexibility index (Phi) is 4.97. The molecule has 140 valence electrons. The Morgan fingerprint density at radius 3 is 2.67 bits per heavy atom. The molecule has 0 radical (unpaired) electrons. The summed E-state index contributed by atoms with van der Waals surface area (Å²) in [5.41, 5.74) is 5.22. The van der Waals surface area contributed by atoms with Crippen LogP contribution in [0.1, 0.15) is 43.2 Å². The number of hydrogen-bond donors (Lipinski definition) is 1. The molecule has 0 saturated heterocycles. The molecule has 1 saturated carbocycles. The summed E-state index contributed by atoms with van der Waals surface area (Å²) < 4.78 is 0. The molecule has 1 amide bonds. The summed E-state index contributed by atoms with van der Waals surface area (Å²) in [6.07, 6.45) is 5.67.